The van der Waals surface area contributed by atoms with Gasteiger partial charge >= 0.3 is 0 Å². The Morgan fingerprint density at radius 3 is 1.77 bits per heavy atom. The third kappa shape index (κ3) is 4.98. The third-order valence-corrected chi connectivity index (χ3v) is 5.23. The summed E-state index contributed by atoms with van der Waals surface area (Å²) in [7, 11) is 0. The summed E-state index contributed by atoms with van der Waals surface area (Å²) in [6, 6.07) is 28.9. The molecule has 156 valence electrons. The number of aryl methyl sites for hydroxylation is 2. The Morgan fingerprint density at radius 2 is 1.10 bits per heavy atom. The zero-order valence-corrected chi connectivity index (χ0v) is 17.0. The number of hydrogen-bond donors (Lipinski definition) is 3. The molecule has 31 heavy (non-hydrogen) atoms. The highest BCUT2D eigenvalue weighted by Crippen LogP contribution is 2.41. The van der Waals surface area contributed by atoms with E-state index in [1.165, 1.54) is 0 Å². The SMILES string of the molecule is Oc1c(CCc2ccccc2)cc(Cc2ccc(Oc3ccccc3)cc2)c(O)c1O. The van der Waals surface area contributed by atoms with Crippen molar-refractivity contribution < 1.29 is 20.1 Å². The van der Waals surface area contributed by atoms with E-state index in [1.807, 2.05) is 84.9 Å². The number of phenols is 3. The molecule has 0 spiro atoms. The summed E-state index contributed by atoms with van der Waals surface area (Å²) in [4.78, 5) is 0. The van der Waals surface area contributed by atoms with Gasteiger partial charge in [0.1, 0.15) is 11.5 Å². The minimum Gasteiger partial charge on any atom is -0.504 e. The first-order valence-corrected chi connectivity index (χ1v) is 10.2. The molecule has 4 nitrogen and oxygen atoms in total. The van der Waals surface area contributed by atoms with Crippen LogP contribution in [-0.4, -0.2) is 15.3 Å². The molecule has 0 bridgehead atoms. The minimum absolute atomic E-state index is 0.260. The molecular formula is C27H24O4. The van der Waals surface area contributed by atoms with E-state index in [0.29, 0.717) is 24.0 Å². The Labute approximate surface area is 181 Å². The van der Waals surface area contributed by atoms with Gasteiger partial charge in [-0.3, -0.25) is 0 Å². The molecule has 4 heteroatoms. The molecule has 0 atom stereocenters. The van der Waals surface area contributed by atoms with Gasteiger partial charge < -0.3 is 20.1 Å². The summed E-state index contributed by atoms with van der Waals surface area (Å²) in [5, 5.41) is 30.9. The maximum absolute atomic E-state index is 10.4. The molecule has 0 heterocycles. The van der Waals surface area contributed by atoms with Gasteiger partial charge in [0.2, 0.25) is 5.75 Å². The van der Waals surface area contributed by atoms with Crippen LogP contribution in [0.4, 0.5) is 0 Å². The average molecular weight is 412 g/mol. The van der Waals surface area contributed by atoms with Gasteiger partial charge in [0, 0.05) is 12.0 Å². The van der Waals surface area contributed by atoms with E-state index < -0.39 is 5.75 Å². The molecular weight excluding hydrogens is 388 g/mol. The highest BCUT2D eigenvalue weighted by Gasteiger charge is 2.17. The second kappa shape index (κ2) is 9.26. The smallest absolute Gasteiger partial charge is 0.200 e. The number of hydrogen-bond acceptors (Lipinski definition) is 4. The Balaban J connectivity index is 1.50. The van der Waals surface area contributed by atoms with E-state index in [0.717, 1.165) is 29.0 Å². The van der Waals surface area contributed by atoms with Gasteiger partial charge in [-0.1, -0.05) is 60.7 Å². The predicted octanol–water partition coefficient (Wildman–Crippen LogP) is 5.97. The number of rotatable bonds is 7. The summed E-state index contributed by atoms with van der Waals surface area (Å²) < 4.78 is 5.81. The van der Waals surface area contributed by atoms with Gasteiger partial charge in [-0.2, -0.15) is 0 Å². The number of para-hydroxylation sites is 1. The van der Waals surface area contributed by atoms with Crippen LogP contribution >= 0.6 is 0 Å². The fraction of sp³-hybridized carbons (Fsp3) is 0.111. The van der Waals surface area contributed by atoms with E-state index in [1.54, 1.807) is 6.07 Å². The molecule has 4 aromatic rings. The first-order chi connectivity index (χ1) is 15.1. The predicted molar refractivity (Wildman–Crippen MR) is 121 cm³/mol. The molecule has 0 radical (unpaired) electrons. The quantitative estimate of drug-likeness (QED) is 0.327. The molecule has 0 aliphatic heterocycles. The van der Waals surface area contributed by atoms with Crippen LogP contribution in [0, 0.1) is 0 Å². The van der Waals surface area contributed by atoms with Gasteiger partial charge in [-0.05, 0) is 59.9 Å². The van der Waals surface area contributed by atoms with E-state index >= 15 is 0 Å². The summed E-state index contributed by atoms with van der Waals surface area (Å²) in [5.74, 6) is 0.467. The Morgan fingerprint density at radius 1 is 0.516 bits per heavy atom. The highest BCUT2D eigenvalue weighted by atomic mass is 16.5. The molecule has 0 amide bonds. The Bertz CT molecular complexity index is 1140. The first-order valence-electron chi connectivity index (χ1n) is 10.2. The van der Waals surface area contributed by atoms with Crippen LogP contribution in [0.5, 0.6) is 28.7 Å². The summed E-state index contributed by atoms with van der Waals surface area (Å²) >= 11 is 0. The molecule has 4 aromatic carbocycles. The molecule has 0 saturated carbocycles. The molecule has 0 aromatic heterocycles. The third-order valence-electron chi connectivity index (χ3n) is 5.23. The van der Waals surface area contributed by atoms with Crippen molar-refractivity contribution in [1.82, 2.24) is 0 Å². The zero-order valence-electron chi connectivity index (χ0n) is 17.0. The molecule has 0 aliphatic rings. The average Bonchev–Trinajstić information content (AvgIpc) is 2.81. The lowest BCUT2D eigenvalue weighted by molar-refractivity contribution is 0.362. The maximum Gasteiger partial charge on any atom is 0.200 e. The fourth-order valence-corrected chi connectivity index (χ4v) is 3.53. The lowest BCUT2D eigenvalue weighted by Gasteiger charge is -2.13. The number of ether oxygens (including phenoxy) is 1. The van der Waals surface area contributed by atoms with Crippen LogP contribution in [0.15, 0.2) is 91.0 Å². The van der Waals surface area contributed by atoms with Crippen molar-refractivity contribution in [1.29, 1.82) is 0 Å². The lowest BCUT2D eigenvalue weighted by Crippen LogP contribution is -1.96. The van der Waals surface area contributed by atoms with Gasteiger partial charge in [-0.15, -0.1) is 0 Å². The maximum atomic E-state index is 10.4. The van der Waals surface area contributed by atoms with Crippen LogP contribution in [0.25, 0.3) is 0 Å². The van der Waals surface area contributed by atoms with Crippen LogP contribution in [-0.2, 0) is 19.3 Å². The van der Waals surface area contributed by atoms with E-state index in [-0.39, 0.29) is 11.5 Å². The van der Waals surface area contributed by atoms with Crippen molar-refractivity contribution in [3.8, 4) is 28.7 Å². The van der Waals surface area contributed by atoms with Crippen molar-refractivity contribution in [3.63, 3.8) is 0 Å². The molecule has 0 fully saturated rings. The standard InChI is InChI=1S/C27H24O4/c28-25-21(14-11-19-7-3-1-4-8-19)18-22(26(29)27(25)30)17-20-12-15-24(16-13-20)31-23-9-5-2-6-10-23/h1-10,12-13,15-16,18,28-30H,11,14,17H2. The van der Waals surface area contributed by atoms with Crippen molar-refractivity contribution in [3.05, 3.63) is 113 Å². The highest BCUT2D eigenvalue weighted by molar-refractivity contribution is 5.58. The monoisotopic (exact) mass is 412 g/mol. The largest absolute Gasteiger partial charge is 0.504 e. The summed E-state index contributed by atoms with van der Waals surface area (Å²) in [5.41, 5.74) is 3.27. The fourth-order valence-electron chi connectivity index (χ4n) is 3.53. The van der Waals surface area contributed by atoms with E-state index in [2.05, 4.69) is 0 Å². The van der Waals surface area contributed by atoms with E-state index in [9.17, 15) is 15.3 Å². The van der Waals surface area contributed by atoms with Crippen molar-refractivity contribution in [2.45, 2.75) is 19.3 Å². The normalized spacial score (nSPS) is 10.7. The van der Waals surface area contributed by atoms with Crippen molar-refractivity contribution in [2.75, 3.05) is 0 Å². The van der Waals surface area contributed by atoms with Crippen LogP contribution in [0.2, 0.25) is 0 Å². The van der Waals surface area contributed by atoms with Crippen LogP contribution < -0.4 is 4.74 Å². The first kappa shape index (κ1) is 20.4. The van der Waals surface area contributed by atoms with Gasteiger partial charge in [0.25, 0.3) is 0 Å². The Hall–Kier alpha value is -3.92. The Kier molecular flexibility index (Phi) is 6.08. The topological polar surface area (TPSA) is 69.9 Å². The van der Waals surface area contributed by atoms with Gasteiger partial charge in [0.15, 0.2) is 11.5 Å². The molecule has 4 rings (SSSR count). The molecule has 0 saturated heterocycles. The van der Waals surface area contributed by atoms with Gasteiger partial charge in [0.05, 0.1) is 0 Å². The second-order valence-electron chi connectivity index (χ2n) is 7.46. The molecule has 0 unspecified atom stereocenters. The number of aromatic hydroxyl groups is 3. The summed E-state index contributed by atoms with van der Waals surface area (Å²) in [6.07, 6.45) is 1.70. The minimum atomic E-state index is -0.468. The molecule has 0 aliphatic carbocycles. The lowest BCUT2D eigenvalue weighted by atomic mass is 9.97. The van der Waals surface area contributed by atoms with Crippen LogP contribution in [0.3, 0.4) is 0 Å². The number of benzene rings is 4. The van der Waals surface area contributed by atoms with Crippen molar-refractivity contribution in [2.24, 2.45) is 0 Å². The van der Waals surface area contributed by atoms with Gasteiger partial charge in [-0.25, -0.2) is 0 Å². The van der Waals surface area contributed by atoms with E-state index in [4.69, 9.17) is 4.74 Å². The van der Waals surface area contributed by atoms with Crippen molar-refractivity contribution >= 4 is 0 Å². The molecule has 3 N–H and O–H groups in total. The summed E-state index contributed by atoms with van der Waals surface area (Å²) in [6.45, 7) is 0. The van der Waals surface area contributed by atoms with Crippen LogP contribution in [0.1, 0.15) is 22.3 Å². The zero-order chi connectivity index (χ0) is 21.6. The second-order valence-corrected chi connectivity index (χ2v) is 7.46. The number of phenolic OH excluding ortho intramolecular Hbond substituents is 3.